The number of rotatable bonds is 8. The zero-order valence-corrected chi connectivity index (χ0v) is 12.7. The molecular weight excluding hydrogens is 280 g/mol. The highest BCUT2D eigenvalue weighted by Gasteiger charge is 2.20. The fourth-order valence-corrected chi connectivity index (χ4v) is 2.15. The van der Waals surface area contributed by atoms with Crippen LogP contribution in [0.3, 0.4) is 0 Å². The Morgan fingerprint density at radius 3 is 1.45 bits per heavy atom. The van der Waals surface area contributed by atoms with E-state index in [-0.39, 0.29) is 11.8 Å². The van der Waals surface area contributed by atoms with E-state index in [1.54, 1.807) is 0 Å². The van der Waals surface area contributed by atoms with Gasteiger partial charge in [-0.05, 0) is 11.1 Å². The molecule has 0 spiro atoms. The Morgan fingerprint density at radius 1 is 0.773 bits per heavy atom. The number of hydrogen-bond acceptors (Lipinski definition) is 4. The van der Waals surface area contributed by atoms with Gasteiger partial charge in [-0.15, -0.1) is 0 Å². The maximum atomic E-state index is 11.6. The fourth-order valence-electron chi connectivity index (χ4n) is 2.15. The topological polar surface area (TPSA) is 64.2 Å². The summed E-state index contributed by atoms with van der Waals surface area (Å²) in [6.07, 6.45) is 0. The summed E-state index contributed by atoms with van der Waals surface area (Å²) in [5.74, 6) is 0.146. The third kappa shape index (κ3) is 5.13. The van der Waals surface area contributed by atoms with Crippen LogP contribution < -0.4 is 10.6 Å². The van der Waals surface area contributed by atoms with E-state index >= 15 is 0 Å². The van der Waals surface area contributed by atoms with Gasteiger partial charge in [0.25, 0.3) is 0 Å². The first-order valence-corrected chi connectivity index (χ1v) is 7.75. The molecule has 2 aliphatic heterocycles. The van der Waals surface area contributed by atoms with Gasteiger partial charge < -0.3 is 10.6 Å². The van der Waals surface area contributed by atoms with Crippen molar-refractivity contribution in [2.45, 2.75) is 13.1 Å². The Kier molecular flexibility index (Phi) is 4.70. The van der Waals surface area contributed by atoms with Crippen molar-refractivity contribution in [2.24, 2.45) is 0 Å². The average molecular weight is 302 g/mol. The van der Waals surface area contributed by atoms with E-state index in [0.29, 0.717) is 26.2 Å². The van der Waals surface area contributed by atoms with Crippen LogP contribution >= 0.6 is 0 Å². The SMILES string of the molecule is O=C(CN1CC1)NCc1ccc(CNC(=O)CN2CC2)cc1. The summed E-state index contributed by atoms with van der Waals surface area (Å²) >= 11 is 0. The van der Waals surface area contributed by atoms with Crippen molar-refractivity contribution >= 4 is 11.8 Å². The molecule has 0 aromatic heterocycles. The van der Waals surface area contributed by atoms with E-state index in [2.05, 4.69) is 20.4 Å². The van der Waals surface area contributed by atoms with Gasteiger partial charge in [0, 0.05) is 39.3 Å². The quantitative estimate of drug-likeness (QED) is 0.639. The lowest BCUT2D eigenvalue weighted by Crippen LogP contribution is -2.29. The fraction of sp³-hybridized carbons (Fsp3) is 0.500. The van der Waals surface area contributed by atoms with Gasteiger partial charge in [0.15, 0.2) is 0 Å². The van der Waals surface area contributed by atoms with Crippen LogP contribution in [-0.2, 0) is 22.7 Å². The van der Waals surface area contributed by atoms with E-state index < -0.39 is 0 Å². The molecule has 2 amide bonds. The van der Waals surface area contributed by atoms with E-state index in [1.807, 2.05) is 24.3 Å². The molecule has 0 unspecified atom stereocenters. The van der Waals surface area contributed by atoms with Crippen LogP contribution in [0.15, 0.2) is 24.3 Å². The first kappa shape index (κ1) is 15.0. The van der Waals surface area contributed by atoms with E-state index in [9.17, 15) is 9.59 Å². The molecule has 0 aliphatic carbocycles. The summed E-state index contributed by atoms with van der Waals surface area (Å²) in [5, 5.41) is 5.83. The molecule has 118 valence electrons. The third-order valence-corrected chi connectivity index (χ3v) is 3.82. The van der Waals surface area contributed by atoms with Crippen molar-refractivity contribution < 1.29 is 9.59 Å². The lowest BCUT2D eigenvalue weighted by molar-refractivity contribution is -0.122. The maximum absolute atomic E-state index is 11.6. The Morgan fingerprint density at radius 2 is 1.14 bits per heavy atom. The van der Waals surface area contributed by atoms with Gasteiger partial charge >= 0.3 is 0 Å². The Bertz CT molecular complexity index is 487. The lowest BCUT2D eigenvalue weighted by Gasteiger charge is -2.08. The third-order valence-electron chi connectivity index (χ3n) is 3.82. The molecule has 1 aromatic rings. The molecule has 6 heteroatoms. The van der Waals surface area contributed by atoms with Crippen molar-refractivity contribution in [2.75, 3.05) is 39.3 Å². The minimum absolute atomic E-state index is 0.0731. The molecule has 0 bridgehead atoms. The van der Waals surface area contributed by atoms with E-state index in [1.165, 1.54) is 0 Å². The van der Waals surface area contributed by atoms with Crippen LogP contribution in [0, 0.1) is 0 Å². The molecule has 0 radical (unpaired) electrons. The van der Waals surface area contributed by atoms with E-state index in [4.69, 9.17) is 0 Å². The summed E-state index contributed by atoms with van der Waals surface area (Å²) in [6, 6.07) is 7.96. The first-order valence-electron chi connectivity index (χ1n) is 7.75. The van der Waals surface area contributed by atoms with Crippen molar-refractivity contribution in [3.05, 3.63) is 35.4 Å². The summed E-state index contributed by atoms with van der Waals surface area (Å²) < 4.78 is 0. The monoisotopic (exact) mass is 302 g/mol. The summed E-state index contributed by atoms with van der Waals surface area (Å²) in [6.45, 7) is 6.24. The number of benzene rings is 1. The second-order valence-electron chi connectivity index (χ2n) is 5.92. The molecule has 2 N–H and O–H groups in total. The number of carbonyl (C=O) groups is 2. The highest BCUT2D eigenvalue weighted by molar-refractivity contribution is 5.78. The zero-order chi connectivity index (χ0) is 15.4. The van der Waals surface area contributed by atoms with Gasteiger partial charge in [-0.3, -0.25) is 19.4 Å². The van der Waals surface area contributed by atoms with Crippen LogP contribution in [-0.4, -0.2) is 60.9 Å². The number of nitrogens with one attached hydrogen (secondary N) is 2. The second kappa shape index (κ2) is 6.89. The van der Waals surface area contributed by atoms with Gasteiger partial charge in [-0.2, -0.15) is 0 Å². The van der Waals surface area contributed by atoms with E-state index in [0.717, 1.165) is 37.3 Å². The first-order chi connectivity index (χ1) is 10.7. The Hall–Kier alpha value is -1.92. The van der Waals surface area contributed by atoms with Gasteiger partial charge in [0.05, 0.1) is 13.1 Å². The van der Waals surface area contributed by atoms with Gasteiger partial charge in [0.1, 0.15) is 0 Å². The van der Waals surface area contributed by atoms with Crippen LogP contribution in [0.2, 0.25) is 0 Å². The predicted octanol–water partition coefficient (Wildman–Crippen LogP) is -0.450. The summed E-state index contributed by atoms with van der Waals surface area (Å²) in [7, 11) is 0. The van der Waals surface area contributed by atoms with Gasteiger partial charge in [-0.1, -0.05) is 24.3 Å². The largest absolute Gasteiger partial charge is 0.351 e. The smallest absolute Gasteiger partial charge is 0.234 e. The molecule has 2 aliphatic rings. The predicted molar refractivity (Wildman–Crippen MR) is 83.0 cm³/mol. The number of hydrogen-bond donors (Lipinski definition) is 2. The number of amides is 2. The van der Waals surface area contributed by atoms with Gasteiger partial charge in [-0.25, -0.2) is 0 Å². The van der Waals surface area contributed by atoms with Crippen molar-refractivity contribution in [1.29, 1.82) is 0 Å². The highest BCUT2D eigenvalue weighted by atomic mass is 16.2. The number of nitrogens with zero attached hydrogens (tertiary/aromatic N) is 2. The molecular formula is C16H22N4O2. The molecule has 0 saturated carbocycles. The molecule has 2 fully saturated rings. The molecule has 1 aromatic carbocycles. The van der Waals surface area contributed by atoms with Crippen LogP contribution in [0.25, 0.3) is 0 Å². The molecule has 22 heavy (non-hydrogen) atoms. The lowest BCUT2D eigenvalue weighted by atomic mass is 10.1. The van der Waals surface area contributed by atoms with Crippen molar-refractivity contribution in [3.63, 3.8) is 0 Å². The minimum atomic E-state index is 0.0731. The van der Waals surface area contributed by atoms with Gasteiger partial charge in [0.2, 0.25) is 11.8 Å². The highest BCUT2D eigenvalue weighted by Crippen LogP contribution is 2.06. The Balaban J connectivity index is 1.37. The minimum Gasteiger partial charge on any atom is -0.351 e. The molecule has 6 nitrogen and oxygen atoms in total. The standard InChI is InChI=1S/C16H22N4O2/c21-15(11-19-5-6-19)17-9-13-1-2-14(4-3-13)10-18-16(22)12-20-7-8-20/h1-4H,5-12H2,(H,17,21)(H,18,22). The maximum Gasteiger partial charge on any atom is 0.234 e. The van der Waals surface area contributed by atoms with Crippen molar-refractivity contribution in [3.8, 4) is 0 Å². The number of carbonyl (C=O) groups excluding carboxylic acids is 2. The van der Waals surface area contributed by atoms with Crippen LogP contribution in [0.4, 0.5) is 0 Å². The molecule has 2 heterocycles. The Labute approximate surface area is 130 Å². The van der Waals surface area contributed by atoms with Crippen LogP contribution in [0.5, 0.6) is 0 Å². The molecule has 2 saturated heterocycles. The molecule has 3 rings (SSSR count). The summed E-state index contributed by atoms with van der Waals surface area (Å²) in [4.78, 5) is 27.4. The van der Waals surface area contributed by atoms with Crippen molar-refractivity contribution in [1.82, 2.24) is 20.4 Å². The second-order valence-corrected chi connectivity index (χ2v) is 5.92. The van der Waals surface area contributed by atoms with Crippen LogP contribution in [0.1, 0.15) is 11.1 Å². The molecule has 0 atom stereocenters. The zero-order valence-electron chi connectivity index (χ0n) is 12.7. The normalized spacial score (nSPS) is 17.1. The summed E-state index contributed by atoms with van der Waals surface area (Å²) in [5.41, 5.74) is 2.14. The average Bonchev–Trinajstić information content (AvgIpc) is 3.41.